The molecule has 5 nitrogen and oxygen atoms in total. The number of pyridine rings is 1. The molecule has 2 aromatic rings. The summed E-state index contributed by atoms with van der Waals surface area (Å²) in [7, 11) is 1.33. The van der Waals surface area contributed by atoms with Crippen LogP contribution in [-0.2, 0) is 11.3 Å². The summed E-state index contributed by atoms with van der Waals surface area (Å²) in [5.41, 5.74) is 1.85. The Kier molecular flexibility index (Phi) is 3.52. The number of hydrogen-bond acceptors (Lipinski definition) is 4. The lowest BCUT2D eigenvalue weighted by Crippen LogP contribution is -2.04. The average molecular weight is 244 g/mol. The van der Waals surface area contributed by atoms with Crippen molar-refractivity contribution in [2.24, 2.45) is 0 Å². The number of methoxy groups -OCH3 is 1. The predicted molar refractivity (Wildman–Crippen MR) is 64.5 cm³/mol. The number of nitrogens with zero attached hydrogens (tertiary/aromatic N) is 2. The molecule has 0 atom stereocenters. The van der Waals surface area contributed by atoms with Gasteiger partial charge in [-0.15, -0.1) is 0 Å². The van der Waals surface area contributed by atoms with Gasteiger partial charge in [0.1, 0.15) is 0 Å². The molecule has 0 unspecified atom stereocenters. The lowest BCUT2D eigenvalue weighted by atomic mass is 10.2. The summed E-state index contributed by atoms with van der Waals surface area (Å²) in [6, 6.07) is 5.15. The van der Waals surface area contributed by atoms with Crippen molar-refractivity contribution in [2.45, 2.75) is 6.54 Å². The predicted octanol–water partition coefficient (Wildman–Crippen LogP) is 1.53. The highest BCUT2D eigenvalue weighted by atomic mass is 16.5. The van der Waals surface area contributed by atoms with E-state index in [0.717, 1.165) is 12.0 Å². The van der Waals surface area contributed by atoms with E-state index in [1.165, 1.54) is 13.3 Å². The molecule has 0 fully saturated rings. The number of esters is 1. The van der Waals surface area contributed by atoms with E-state index in [1.807, 2.05) is 4.57 Å². The van der Waals surface area contributed by atoms with Crippen molar-refractivity contribution in [3.05, 3.63) is 53.6 Å². The zero-order valence-electron chi connectivity index (χ0n) is 9.87. The van der Waals surface area contributed by atoms with Crippen LogP contribution in [0.25, 0.3) is 0 Å². The van der Waals surface area contributed by atoms with Crippen molar-refractivity contribution >= 4 is 12.3 Å². The van der Waals surface area contributed by atoms with Gasteiger partial charge in [-0.1, -0.05) is 0 Å². The molecule has 0 aliphatic heterocycles. The van der Waals surface area contributed by atoms with Crippen LogP contribution in [0.2, 0.25) is 0 Å². The number of aromatic nitrogens is 2. The molecule has 0 bridgehead atoms. The highest BCUT2D eigenvalue weighted by Crippen LogP contribution is 2.05. The first-order valence-corrected chi connectivity index (χ1v) is 5.37. The maximum atomic E-state index is 11.2. The third kappa shape index (κ3) is 2.63. The Hall–Kier alpha value is -2.43. The van der Waals surface area contributed by atoms with Crippen LogP contribution in [0.1, 0.15) is 26.4 Å². The fourth-order valence-corrected chi connectivity index (χ4v) is 1.57. The van der Waals surface area contributed by atoms with Crippen LogP contribution in [0, 0.1) is 0 Å². The first-order chi connectivity index (χ1) is 8.72. The maximum Gasteiger partial charge on any atom is 0.339 e. The third-order valence-corrected chi connectivity index (χ3v) is 2.50. The van der Waals surface area contributed by atoms with E-state index in [4.69, 9.17) is 0 Å². The molecule has 0 saturated heterocycles. The van der Waals surface area contributed by atoms with Crippen molar-refractivity contribution < 1.29 is 14.3 Å². The normalized spacial score (nSPS) is 10.1. The summed E-state index contributed by atoms with van der Waals surface area (Å²) < 4.78 is 6.44. The van der Waals surface area contributed by atoms with E-state index in [2.05, 4.69) is 9.72 Å². The first-order valence-electron chi connectivity index (χ1n) is 5.37. The van der Waals surface area contributed by atoms with E-state index in [1.54, 1.807) is 30.6 Å². The van der Waals surface area contributed by atoms with E-state index in [-0.39, 0.29) is 0 Å². The number of carbonyl (C=O) groups excluding carboxylic acids is 2. The fourth-order valence-electron chi connectivity index (χ4n) is 1.57. The smallest absolute Gasteiger partial charge is 0.339 e. The SMILES string of the molecule is COC(=O)c1ccc(Cn2ccc(C=O)c2)nc1. The third-order valence-electron chi connectivity index (χ3n) is 2.50. The zero-order chi connectivity index (χ0) is 13.0. The summed E-state index contributed by atoms with van der Waals surface area (Å²) >= 11 is 0. The molecule has 5 heteroatoms. The molecule has 2 heterocycles. The molecular formula is C13H12N2O3. The van der Waals surface area contributed by atoms with Crippen LogP contribution in [0.15, 0.2) is 36.8 Å². The minimum Gasteiger partial charge on any atom is -0.465 e. The summed E-state index contributed by atoms with van der Waals surface area (Å²) in [4.78, 5) is 25.9. The Morgan fingerprint density at radius 1 is 1.44 bits per heavy atom. The second-order valence-corrected chi connectivity index (χ2v) is 3.76. The number of hydrogen-bond donors (Lipinski definition) is 0. The van der Waals surface area contributed by atoms with Crippen molar-refractivity contribution in [2.75, 3.05) is 7.11 Å². The first kappa shape index (κ1) is 12.0. The molecule has 92 valence electrons. The number of carbonyl (C=O) groups is 2. The molecule has 0 saturated carbocycles. The second kappa shape index (κ2) is 5.27. The summed E-state index contributed by atoms with van der Waals surface area (Å²) in [5, 5.41) is 0. The molecule has 2 rings (SSSR count). The largest absolute Gasteiger partial charge is 0.465 e. The minimum atomic E-state index is -0.404. The Bertz CT molecular complexity index is 558. The van der Waals surface area contributed by atoms with Gasteiger partial charge in [0.25, 0.3) is 0 Å². The van der Waals surface area contributed by atoms with Crippen molar-refractivity contribution in [1.29, 1.82) is 0 Å². The highest BCUT2D eigenvalue weighted by molar-refractivity contribution is 5.88. The van der Waals surface area contributed by atoms with E-state index in [0.29, 0.717) is 17.7 Å². The van der Waals surface area contributed by atoms with Crippen molar-refractivity contribution in [3.63, 3.8) is 0 Å². The van der Waals surface area contributed by atoms with Crippen molar-refractivity contribution in [1.82, 2.24) is 9.55 Å². The molecule has 0 N–H and O–H groups in total. The Labute approximate surface area is 104 Å². The number of ether oxygens (including phenoxy) is 1. The van der Waals surface area contributed by atoms with Crippen LogP contribution in [0.3, 0.4) is 0 Å². The quantitative estimate of drug-likeness (QED) is 0.604. The Balaban J connectivity index is 2.10. The zero-order valence-corrected chi connectivity index (χ0v) is 9.87. The van der Waals surface area contributed by atoms with E-state index < -0.39 is 5.97 Å². The lowest BCUT2D eigenvalue weighted by Gasteiger charge is -2.03. The molecule has 0 spiro atoms. The van der Waals surface area contributed by atoms with Crippen LogP contribution < -0.4 is 0 Å². The molecule has 0 aliphatic carbocycles. The van der Waals surface area contributed by atoms with Crippen molar-refractivity contribution in [3.8, 4) is 0 Å². The highest BCUT2D eigenvalue weighted by Gasteiger charge is 2.05. The standard InChI is InChI=1S/C13H12N2O3/c1-18-13(17)11-2-3-12(14-6-11)8-15-5-4-10(7-15)9-16/h2-7,9H,8H2,1H3. The van der Waals surface area contributed by atoms with Crippen LogP contribution >= 0.6 is 0 Å². The molecule has 18 heavy (non-hydrogen) atoms. The summed E-state index contributed by atoms with van der Waals surface area (Å²) in [6.45, 7) is 0.551. The van der Waals surface area contributed by atoms with E-state index >= 15 is 0 Å². The fraction of sp³-hybridized carbons (Fsp3) is 0.154. The minimum absolute atomic E-state index is 0.404. The van der Waals surface area contributed by atoms with Crippen LogP contribution in [0.5, 0.6) is 0 Å². The van der Waals surface area contributed by atoms with Gasteiger partial charge < -0.3 is 9.30 Å². The Morgan fingerprint density at radius 2 is 2.28 bits per heavy atom. The van der Waals surface area contributed by atoms with Gasteiger partial charge in [-0.05, 0) is 18.2 Å². The van der Waals surface area contributed by atoms with E-state index in [9.17, 15) is 9.59 Å². The van der Waals surface area contributed by atoms with Gasteiger partial charge >= 0.3 is 5.97 Å². The number of rotatable bonds is 4. The van der Waals surface area contributed by atoms with Gasteiger partial charge in [0.05, 0.1) is 24.9 Å². The van der Waals surface area contributed by atoms with Gasteiger partial charge in [0, 0.05) is 24.2 Å². The Morgan fingerprint density at radius 3 is 2.83 bits per heavy atom. The average Bonchev–Trinajstić information content (AvgIpc) is 2.86. The number of aldehydes is 1. The second-order valence-electron chi connectivity index (χ2n) is 3.76. The van der Waals surface area contributed by atoms with Crippen LogP contribution in [0.4, 0.5) is 0 Å². The summed E-state index contributed by atoms with van der Waals surface area (Å²) in [5.74, 6) is -0.404. The molecular weight excluding hydrogens is 232 g/mol. The van der Waals surface area contributed by atoms with Gasteiger partial charge in [-0.25, -0.2) is 4.79 Å². The van der Waals surface area contributed by atoms with Gasteiger partial charge in [0.2, 0.25) is 0 Å². The van der Waals surface area contributed by atoms with Crippen LogP contribution in [-0.4, -0.2) is 28.9 Å². The molecule has 0 amide bonds. The molecule has 0 aliphatic rings. The van der Waals surface area contributed by atoms with Gasteiger partial charge in [0.15, 0.2) is 6.29 Å². The van der Waals surface area contributed by atoms with Gasteiger partial charge in [-0.2, -0.15) is 0 Å². The summed E-state index contributed by atoms with van der Waals surface area (Å²) in [6.07, 6.45) is 5.82. The monoisotopic (exact) mass is 244 g/mol. The molecule has 2 aromatic heterocycles. The molecule has 0 aromatic carbocycles. The molecule has 0 radical (unpaired) electrons. The van der Waals surface area contributed by atoms with Gasteiger partial charge in [-0.3, -0.25) is 9.78 Å². The maximum absolute atomic E-state index is 11.2. The topological polar surface area (TPSA) is 61.2 Å². The lowest BCUT2D eigenvalue weighted by molar-refractivity contribution is 0.0600.